The minimum absolute atomic E-state index is 0.0173. The first kappa shape index (κ1) is 32.7. The Bertz CT molecular complexity index is 2190. The van der Waals surface area contributed by atoms with Crippen molar-refractivity contribution >= 4 is 45.0 Å². The molecule has 0 radical (unpaired) electrons. The highest BCUT2D eigenvalue weighted by atomic mass is 19.1. The summed E-state index contributed by atoms with van der Waals surface area (Å²) in [5.74, 6) is -2.39. The van der Waals surface area contributed by atoms with Crippen LogP contribution in [-0.2, 0) is 18.4 Å². The standard InChI is InChI=1S/C38H40F2N6O3/c1-21-17-29-34(41-22(2)44(29)6)36-32(21)25-10-7-9-24-26(20-46(35(24)25)16-15-43(36)5)37(48)23-18-27(39)33(28(40)19-23)42-31(47)11-8-13-45-14-12-30(45)38(3,4)49/h7-11,17-20,30,49H,12-16H2,1-6H3,(H,42,47)/b11-8+/t30-/m0/s1. The lowest BCUT2D eigenvalue weighted by Crippen LogP contribution is -2.58. The lowest BCUT2D eigenvalue weighted by molar-refractivity contribution is -0.112. The number of hydrogen-bond donors (Lipinski definition) is 2. The molecule has 2 aliphatic heterocycles. The van der Waals surface area contributed by atoms with Crippen molar-refractivity contribution in [1.82, 2.24) is 19.0 Å². The minimum Gasteiger partial charge on any atom is -0.389 e. The Labute approximate surface area is 283 Å². The number of rotatable bonds is 7. The van der Waals surface area contributed by atoms with Gasteiger partial charge in [0.2, 0.25) is 5.91 Å². The minimum atomic E-state index is -1.04. The Hall–Kier alpha value is -4.87. The average molecular weight is 667 g/mol. The van der Waals surface area contributed by atoms with E-state index in [1.807, 2.05) is 48.7 Å². The number of fused-ring (bicyclic) bond motifs is 4. The molecule has 0 saturated carbocycles. The van der Waals surface area contributed by atoms with Gasteiger partial charge in [0.25, 0.3) is 0 Å². The molecule has 9 nitrogen and oxygen atoms in total. The smallest absolute Gasteiger partial charge is 0.248 e. The first-order valence-corrected chi connectivity index (χ1v) is 16.5. The van der Waals surface area contributed by atoms with Crippen LogP contribution in [0.15, 0.2) is 54.7 Å². The number of anilines is 2. The lowest BCUT2D eigenvalue weighted by Gasteiger charge is -2.46. The molecule has 1 fully saturated rings. The van der Waals surface area contributed by atoms with Crippen LogP contribution in [0, 0.1) is 25.5 Å². The fourth-order valence-electron chi connectivity index (χ4n) is 7.45. The van der Waals surface area contributed by atoms with Crippen LogP contribution < -0.4 is 10.2 Å². The second kappa shape index (κ2) is 11.9. The van der Waals surface area contributed by atoms with Crippen molar-refractivity contribution < 1.29 is 23.5 Å². The SMILES string of the molecule is Cc1cc2c(nc(C)n2C)c2c1-c1cccc3c(C(=O)c4cc(F)c(NC(=O)/C=C/CN5CC[C@H]5C(C)(C)O)c(F)c4)cn(c13)CCN2C. The maximum atomic E-state index is 15.3. The molecular formula is C38H40F2N6O3. The number of amides is 1. The van der Waals surface area contributed by atoms with E-state index in [4.69, 9.17) is 4.98 Å². The molecular weight excluding hydrogens is 626 g/mol. The topological polar surface area (TPSA) is 95.6 Å². The van der Waals surface area contributed by atoms with Gasteiger partial charge in [-0.05, 0) is 57.9 Å². The number of ketones is 1. The van der Waals surface area contributed by atoms with Crippen LogP contribution in [0.5, 0.6) is 0 Å². The molecule has 3 aromatic carbocycles. The van der Waals surface area contributed by atoms with Crippen molar-refractivity contribution in [3.8, 4) is 11.1 Å². The van der Waals surface area contributed by atoms with Gasteiger partial charge in [0.1, 0.15) is 28.7 Å². The maximum Gasteiger partial charge on any atom is 0.248 e. The van der Waals surface area contributed by atoms with Crippen LogP contribution in [0.3, 0.4) is 0 Å². The van der Waals surface area contributed by atoms with E-state index in [1.165, 1.54) is 6.08 Å². The third-order valence-corrected chi connectivity index (χ3v) is 10.1. The van der Waals surface area contributed by atoms with Gasteiger partial charge in [-0.1, -0.05) is 24.3 Å². The molecule has 2 aromatic heterocycles. The van der Waals surface area contributed by atoms with Crippen molar-refractivity contribution in [3.63, 3.8) is 0 Å². The number of likely N-dealkylation sites (N-methyl/N-ethyl adjacent to an activating group) is 1. The number of nitrogens with one attached hydrogen (secondary N) is 1. The van der Waals surface area contributed by atoms with Gasteiger partial charge in [-0.25, -0.2) is 13.8 Å². The molecule has 0 aliphatic carbocycles. The number of aliphatic hydroxyl groups is 1. The number of likely N-dealkylation sites (tertiary alicyclic amines) is 1. The van der Waals surface area contributed by atoms with Crippen molar-refractivity contribution in [2.24, 2.45) is 7.05 Å². The highest BCUT2D eigenvalue weighted by molar-refractivity contribution is 6.19. The van der Waals surface area contributed by atoms with Gasteiger partial charge in [-0.3, -0.25) is 14.5 Å². The summed E-state index contributed by atoms with van der Waals surface area (Å²) in [6.07, 6.45) is 5.44. The molecule has 1 atom stereocenters. The summed E-state index contributed by atoms with van der Waals surface area (Å²) < 4.78 is 34.8. The zero-order valence-electron chi connectivity index (χ0n) is 28.6. The summed E-state index contributed by atoms with van der Waals surface area (Å²) in [5.41, 5.74) is 5.63. The number of benzene rings is 3. The Morgan fingerprint density at radius 3 is 2.49 bits per heavy atom. The molecule has 1 saturated heterocycles. The van der Waals surface area contributed by atoms with E-state index < -0.39 is 34.6 Å². The molecule has 1 amide bonds. The Morgan fingerprint density at radius 2 is 1.82 bits per heavy atom. The summed E-state index contributed by atoms with van der Waals surface area (Å²) in [5, 5.41) is 13.2. The molecule has 4 heterocycles. The molecule has 0 unspecified atom stereocenters. The first-order chi connectivity index (χ1) is 23.2. The van der Waals surface area contributed by atoms with Gasteiger partial charge in [-0.15, -0.1) is 0 Å². The molecule has 5 aromatic rings. The Balaban J connectivity index is 1.19. The van der Waals surface area contributed by atoms with E-state index in [2.05, 4.69) is 27.8 Å². The number of hydrogen-bond acceptors (Lipinski definition) is 6. The zero-order valence-corrected chi connectivity index (χ0v) is 28.6. The van der Waals surface area contributed by atoms with Crippen LogP contribution in [0.4, 0.5) is 20.2 Å². The molecule has 2 N–H and O–H groups in total. The normalized spacial score (nSPS) is 16.6. The first-order valence-electron chi connectivity index (χ1n) is 16.5. The van der Waals surface area contributed by atoms with Gasteiger partial charge in [0, 0.05) is 86.2 Å². The predicted octanol–water partition coefficient (Wildman–Crippen LogP) is 6.11. The monoisotopic (exact) mass is 666 g/mol. The van der Waals surface area contributed by atoms with E-state index in [9.17, 15) is 14.7 Å². The van der Waals surface area contributed by atoms with Crippen LogP contribution in [0.1, 0.15) is 47.6 Å². The van der Waals surface area contributed by atoms with Crippen LogP contribution >= 0.6 is 0 Å². The molecule has 254 valence electrons. The molecule has 2 aliphatic rings. The maximum absolute atomic E-state index is 15.3. The van der Waals surface area contributed by atoms with Crippen molar-refractivity contribution in [2.75, 3.05) is 36.9 Å². The van der Waals surface area contributed by atoms with Gasteiger partial charge < -0.3 is 24.5 Å². The van der Waals surface area contributed by atoms with Gasteiger partial charge in [0.05, 0.1) is 22.3 Å². The summed E-state index contributed by atoms with van der Waals surface area (Å²) in [4.78, 5) is 35.6. The summed E-state index contributed by atoms with van der Waals surface area (Å²) in [7, 11) is 4.06. The Morgan fingerprint density at radius 1 is 1.08 bits per heavy atom. The van der Waals surface area contributed by atoms with Crippen LogP contribution in [-0.4, -0.2) is 74.1 Å². The number of aryl methyl sites for hydroxylation is 3. The zero-order chi connectivity index (χ0) is 34.9. The lowest BCUT2D eigenvalue weighted by atomic mass is 9.88. The van der Waals surface area contributed by atoms with Crippen LogP contribution in [0.2, 0.25) is 0 Å². The van der Waals surface area contributed by atoms with E-state index >= 15 is 8.78 Å². The number of carbonyl (C=O) groups excluding carboxylic acids is 2. The third kappa shape index (κ3) is 5.50. The number of aromatic nitrogens is 3. The quantitative estimate of drug-likeness (QED) is 0.161. The highest BCUT2D eigenvalue weighted by Gasteiger charge is 2.38. The molecule has 7 rings (SSSR count). The number of para-hydroxylation sites is 1. The van der Waals surface area contributed by atoms with E-state index in [0.29, 0.717) is 30.6 Å². The van der Waals surface area contributed by atoms with Crippen molar-refractivity contribution in [1.29, 1.82) is 0 Å². The van der Waals surface area contributed by atoms with E-state index in [-0.39, 0.29) is 11.6 Å². The summed E-state index contributed by atoms with van der Waals surface area (Å²) in [6.45, 7) is 9.99. The number of nitrogens with zero attached hydrogens (tertiary/aromatic N) is 5. The van der Waals surface area contributed by atoms with Gasteiger partial charge >= 0.3 is 0 Å². The Kier molecular flexibility index (Phi) is 7.95. The summed E-state index contributed by atoms with van der Waals surface area (Å²) >= 11 is 0. The van der Waals surface area contributed by atoms with Crippen LogP contribution in [0.25, 0.3) is 33.1 Å². The summed E-state index contributed by atoms with van der Waals surface area (Å²) in [6, 6.07) is 9.87. The molecule has 0 bridgehead atoms. The second-order valence-corrected chi connectivity index (χ2v) is 13.9. The van der Waals surface area contributed by atoms with Crippen molar-refractivity contribution in [2.45, 2.75) is 52.3 Å². The molecule has 11 heteroatoms. The van der Waals surface area contributed by atoms with Gasteiger partial charge in [0.15, 0.2) is 5.78 Å². The predicted molar refractivity (Wildman–Crippen MR) is 188 cm³/mol. The van der Waals surface area contributed by atoms with E-state index in [1.54, 1.807) is 26.1 Å². The third-order valence-electron chi connectivity index (χ3n) is 10.1. The highest BCUT2D eigenvalue weighted by Crippen LogP contribution is 2.44. The number of carbonyl (C=O) groups is 2. The van der Waals surface area contributed by atoms with Gasteiger partial charge in [-0.2, -0.15) is 0 Å². The fraction of sp³-hybridized carbons (Fsp3) is 0.342. The average Bonchev–Trinajstić information content (AvgIpc) is 3.53. The van der Waals surface area contributed by atoms with E-state index in [0.717, 1.165) is 69.9 Å². The fourth-order valence-corrected chi connectivity index (χ4v) is 7.45. The molecule has 0 spiro atoms. The second-order valence-electron chi connectivity index (χ2n) is 13.9. The molecule has 49 heavy (non-hydrogen) atoms. The largest absolute Gasteiger partial charge is 0.389 e. The number of halogens is 2. The van der Waals surface area contributed by atoms with Crippen molar-refractivity contribution in [3.05, 3.63) is 88.9 Å². The number of imidazole rings is 1.